The molecule has 8 nitrogen and oxygen atoms in total. The number of halogens is 3. The number of aromatic carboxylic acids is 1. The fraction of sp³-hybridized carbons (Fsp3) is 0.517. The first-order valence-electron chi connectivity index (χ1n) is 13.7. The van der Waals surface area contributed by atoms with Crippen molar-refractivity contribution in [1.29, 1.82) is 0 Å². The van der Waals surface area contributed by atoms with E-state index in [0.717, 1.165) is 37.9 Å². The van der Waals surface area contributed by atoms with Crippen LogP contribution in [0.4, 0.5) is 10.1 Å². The molecule has 0 spiro atoms. The third-order valence-electron chi connectivity index (χ3n) is 8.77. The Labute approximate surface area is 242 Å². The Bertz CT molecular complexity index is 1330. The van der Waals surface area contributed by atoms with Crippen molar-refractivity contribution < 1.29 is 28.6 Å². The molecule has 4 aliphatic rings. The lowest BCUT2D eigenvalue weighted by atomic mass is 9.85. The summed E-state index contributed by atoms with van der Waals surface area (Å²) >= 11 is 12.5. The fourth-order valence-corrected chi connectivity index (χ4v) is 7.12. The van der Waals surface area contributed by atoms with E-state index < -0.39 is 17.4 Å². The standard InChI is InChI=1S/C29H32Cl2FN3O5/c1-17-13-33(8-9-35(17)21-4-5-25(32)23(12-21)27(36)37)22-6-7-29(40-15-22,19-2-3-19)28(38)34-14-18-10-20(30)11-24(31)26(18)39-16-34/h4-5,10-12,17,19,22H,2-3,6-9,13-16H2,1H3,(H,36,37)/t17?,22-,29+/m1/s1. The number of anilines is 1. The number of rotatable bonds is 5. The number of hydrogen-bond acceptors (Lipinski definition) is 6. The molecule has 1 saturated carbocycles. The zero-order chi connectivity index (χ0) is 28.2. The van der Waals surface area contributed by atoms with E-state index in [0.29, 0.717) is 47.6 Å². The summed E-state index contributed by atoms with van der Waals surface area (Å²) in [5, 5.41) is 10.3. The molecule has 2 saturated heterocycles. The molecule has 0 radical (unpaired) electrons. The monoisotopic (exact) mass is 591 g/mol. The van der Waals surface area contributed by atoms with Gasteiger partial charge in [-0.15, -0.1) is 0 Å². The van der Waals surface area contributed by atoms with Crippen molar-refractivity contribution in [2.75, 3.05) is 37.9 Å². The van der Waals surface area contributed by atoms with Crippen molar-refractivity contribution in [3.63, 3.8) is 0 Å². The maximum atomic E-state index is 13.9. The minimum absolute atomic E-state index is 0.0288. The van der Waals surface area contributed by atoms with Gasteiger partial charge < -0.3 is 24.4 Å². The number of benzene rings is 2. The molecule has 1 N–H and O–H groups in total. The van der Waals surface area contributed by atoms with Gasteiger partial charge in [-0.25, -0.2) is 9.18 Å². The molecule has 1 amide bonds. The van der Waals surface area contributed by atoms with Crippen molar-refractivity contribution in [3.05, 3.63) is 57.3 Å². The zero-order valence-corrected chi connectivity index (χ0v) is 23.8. The number of fused-ring (bicyclic) bond motifs is 1. The van der Waals surface area contributed by atoms with Crippen LogP contribution >= 0.6 is 23.2 Å². The first-order valence-corrected chi connectivity index (χ1v) is 14.5. The fourth-order valence-electron chi connectivity index (χ4n) is 6.53. The Balaban J connectivity index is 1.10. The maximum absolute atomic E-state index is 13.9. The maximum Gasteiger partial charge on any atom is 0.338 e. The summed E-state index contributed by atoms with van der Waals surface area (Å²) in [4.78, 5) is 31.6. The van der Waals surface area contributed by atoms with Gasteiger partial charge >= 0.3 is 5.97 Å². The van der Waals surface area contributed by atoms with Gasteiger partial charge in [0, 0.05) is 48.0 Å². The first kappa shape index (κ1) is 27.6. The highest BCUT2D eigenvalue weighted by molar-refractivity contribution is 6.35. The Morgan fingerprint density at radius 3 is 2.60 bits per heavy atom. The highest BCUT2D eigenvalue weighted by Crippen LogP contribution is 2.49. The number of amides is 1. The van der Waals surface area contributed by atoms with Crippen LogP contribution in [0.1, 0.15) is 48.5 Å². The second-order valence-corrected chi connectivity index (χ2v) is 12.2. The van der Waals surface area contributed by atoms with Crippen LogP contribution < -0.4 is 9.64 Å². The molecule has 3 aliphatic heterocycles. The molecule has 3 fully saturated rings. The summed E-state index contributed by atoms with van der Waals surface area (Å²) in [5.74, 6) is -1.25. The van der Waals surface area contributed by atoms with Crippen LogP contribution in [-0.2, 0) is 16.1 Å². The van der Waals surface area contributed by atoms with Gasteiger partial charge in [-0.3, -0.25) is 9.69 Å². The molecule has 40 heavy (non-hydrogen) atoms. The molecule has 2 aromatic rings. The number of piperazine rings is 1. The van der Waals surface area contributed by atoms with Crippen molar-refractivity contribution in [1.82, 2.24) is 9.80 Å². The molecule has 214 valence electrons. The van der Waals surface area contributed by atoms with E-state index in [4.69, 9.17) is 32.7 Å². The quantitative estimate of drug-likeness (QED) is 0.521. The third kappa shape index (κ3) is 5.02. The molecule has 3 atom stereocenters. The lowest BCUT2D eigenvalue weighted by Crippen LogP contribution is -2.61. The van der Waals surface area contributed by atoms with E-state index in [1.54, 1.807) is 23.1 Å². The van der Waals surface area contributed by atoms with Gasteiger partial charge in [0.2, 0.25) is 0 Å². The molecular weight excluding hydrogens is 560 g/mol. The molecular formula is C29H32Cl2FN3O5. The van der Waals surface area contributed by atoms with Crippen LogP contribution in [0.5, 0.6) is 5.75 Å². The van der Waals surface area contributed by atoms with Crippen molar-refractivity contribution in [2.45, 2.75) is 56.8 Å². The van der Waals surface area contributed by atoms with E-state index in [1.165, 1.54) is 12.1 Å². The Hall–Kier alpha value is -2.59. The smallest absolute Gasteiger partial charge is 0.338 e. The van der Waals surface area contributed by atoms with Crippen LogP contribution in [0.25, 0.3) is 0 Å². The van der Waals surface area contributed by atoms with Gasteiger partial charge in [0.25, 0.3) is 5.91 Å². The van der Waals surface area contributed by atoms with E-state index in [2.05, 4.69) is 16.7 Å². The Morgan fingerprint density at radius 1 is 1.12 bits per heavy atom. The van der Waals surface area contributed by atoms with Crippen LogP contribution in [-0.4, -0.2) is 77.4 Å². The summed E-state index contributed by atoms with van der Waals surface area (Å²) in [6.45, 7) is 5.27. The Kier molecular flexibility index (Phi) is 7.36. The molecule has 1 aliphatic carbocycles. The molecule has 3 heterocycles. The Morgan fingerprint density at radius 2 is 1.93 bits per heavy atom. The molecule has 6 rings (SSSR count). The van der Waals surface area contributed by atoms with Gasteiger partial charge in [-0.2, -0.15) is 0 Å². The number of nitrogens with zero attached hydrogens (tertiary/aromatic N) is 3. The van der Waals surface area contributed by atoms with Gasteiger partial charge in [-0.05, 0) is 68.9 Å². The summed E-state index contributed by atoms with van der Waals surface area (Å²) in [6, 6.07) is 7.98. The first-order chi connectivity index (χ1) is 19.2. The number of carboxylic acids is 1. The van der Waals surface area contributed by atoms with Crippen molar-refractivity contribution >= 4 is 40.8 Å². The topological polar surface area (TPSA) is 82.6 Å². The predicted molar refractivity (Wildman–Crippen MR) is 149 cm³/mol. The average molecular weight is 592 g/mol. The second-order valence-electron chi connectivity index (χ2n) is 11.3. The summed E-state index contributed by atoms with van der Waals surface area (Å²) in [6.07, 6.45) is 3.45. The third-order valence-corrected chi connectivity index (χ3v) is 9.27. The SMILES string of the molecule is CC1CN([C@@H]2CC[C@@](C(=O)N3COc4c(Cl)cc(Cl)cc4C3)(C3CC3)OC2)CCN1c1ccc(F)c(C(=O)O)c1. The number of carbonyl (C=O) groups excluding carboxylic acids is 1. The minimum atomic E-state index is -1.27. The average Bonchev–Trinajstić information content (AvgIpc) is 3.79. The molecule has 0 aromatic heterocycles. The number of carbonyl (C=O) groups is 2. The highest BCUT2D eigenvalue weighted by Gasteiger charge is 2.56. The van der Waals surface area contributed by atoms with Crippen LogP contribution in [0.15, 0.2) is 30.3 Å². The normalized spacial score (nSPS) is 27.2. The molecule has 11 heteroatoms. The number of carboxylic acid groups (broad SMARTS) is 1. The summed E-state index contributed by atoms with van der Waals surface area (Å²) < 4.78 is 26.3. The van der Waals surface area contributed by atoms with Gasteiger partial charge in [0.1, 0.15) is 17.2 Å². The molecule has 2 aromatic carbocycles. The largest absolute Gasteiger partial charge is 0.478 e. The van der Waals surface area contributed by atoms with Crippen molar-refractivity contribution in [2.24, 2.45) is 5.92 Å². The van der Waals surface area contributed by atoms with Crippen LogP contribution in [0, 0.1) is 11.7 Å². The van der Waals surface area contributed by atoms with Crippen LogP contribution in [0.2, 0.25) is 10.0 Å². The second kappa shape index (κ2) is 10.7. The number of hydrogen-bond donors (Lipinski definition) is 1. The minimum Gasteiger partial charge on any atom is -0.478 e. The number of ether oxygens (including phenoxy) is 2. The summed E-state index contributed by atoms with van der Waals surface area (Å²) in [5.41, 5.74) is 0.342. The van der Waals surface area contributed by atoms with Crippen LogP contribution in [0.3, 0.4) is 0 Å². The van der Waals surface area contributed by atoms with Gasteiger partial charge in [0.05, 0.1) is 23.7 Å². The zero-order valence-electron chi connectivity index (χ0n) is 22.2. The lowest BCUT2D eigenvalue weighted by Gasteiger charge is -2.48. The van der Waals surface area contributed by atoms with E-state index in [9.17, 15) is 19.1 Å². The van der Waals surface area contributed by atoms with E-state index in [-0.39, 0.29) is 36.2 Å². The molecule has 0 bridgehead atoms. The van der Waals surface area contributed by atoms with Gasteiger partial charge in [-0.1, -0.05) is 23.2 Å². The molecule has 1 unspecified atom stereocenters. The van der Waals surface area contributed by atoms with E-state index in [1.807, 2.05) is 0 Å². The summed E-state index contributed by atoms with van der Waals surface area (Å²) in [7, 11) is 0. The highest BCUT2D eigenvalue weighted by atomic mass is 35.5. The predicted octanol–water partition coefficient (Wildman–Crippen LogP) is 5.05. The van der Waals surface area contributed by atoms with E-state index >= 15 is 0 Å². The van der Waals surface area contributed by atoms with Gasteiger partial charge in [0.15, 0.2) is 6.73 Å². The van der Waals surface area contributed by atoms with Crippen molar-refractivity contribution in [3.8, 4) is 5.75 Å². The lowest BCUT2D eigenvalue weighted by molar-refractivity contribution is -0.180.